The van der Waals surface area contributed by atoms with E-state index in [2.05, 4.69) is 22.2 Å². The molecule has 210 valence electrons. The molecule has 11 heteroatoms. The van der Waals surface area contributed by atoms with Gasteiger partial charge in [-0.3, -0.25) is 9.69 Å². The number of hydrogen-bond donors (Lipinski definition) is 2. The van der Waals surface area contributed by atoms with Crippen molar-refractivity contribution < 1.29 is 24.1 Å². The fraction of sp³-hybridized carbons (Fsp3) is 0.483. The molecule has 0 bridgehead atoms. The third-order valence-electron chi connectivity index (χ3n) is 8.80. The van der Waals surface area contributed by atoms with Gasteiger partial charge in [-0.2, -0.15) is 0 Å². The molecule has 11 nitrogen and oxygen atoms in total. The van der Waals surface area contributed by atoms with Gasteiger partial charge in [0.05, 0.1) is 29.0 Å². The summed E-state index contributed by atoms with van der Waals surface area (Å²) in [6, 6.07) is 5.61. The lowest BCUT2D eigenvalue weighted by atomic mass is 9.86. The summed E-state index contributed by atoms with van der Waals surface area (Å²) in [5, 5.41) is 15.8. The number of cyclic esters (lactones) is 1. The van der Waals surface area contributed by atoms with Crippen LogP contribution < -0.4 is 20.3 Å². The molecule has 1 atom stereocenters. The van der Waals surface area contributed by atoms with Crippen LogP contribution in [-0.4, -0.2) is 83.5 Å². The number of rotatable bonds is 6. The second-order valence-corrected chi connectivity index (χ2v) is 11.1. The first kappa shape index (κ1) is 25.5. The number of aliphatic hydroxyl groups is 1. The third-order valence-corrected chi connectivity index (χ3v) is 8.80. The van der Waals surface area contributed by atoms with Crippen LogP contribution in [0.1, 0.15) is 35.6 Å². The SMILES string of the molecule is CC[C@@]1(O)C(=O)OCc2c1cc1n(c2=O)Cc2c-1nc1cc3c(cc1c2CNCCN1CCN(C)CC1)OCO3. The summed E-state index contributed by atoms with van der Waals surface area (Å²) in [6.07, 6.45) is 0.103. The highest BCUT2D eigenvalue weighted by molar-refractivity contribution is 5.91. The maximum absolute atomic E-state index is 13.7. The van der Waals surface area contributed by atoms with Crippen LogP contribution in [0.4, 0.5) is 0 Å². The molecule has 0 aliphatic carbocycles. The lowest BCUT2D eigenvalue weighted by molar-refractivity contribution is -0.172. The molecule has 0 unspecified atom stereocenters. The van der Waals surface area contributed by atoms with E-state index in [0.29, 0.717) is 47.1 Å². The van der Waals surface area contributed by atoms with E-state index in [1.807, 2.05) is 12.1 Å². The zero-order chi connectivity index (χ0) is 27.6. The maximum atomic E-state index is 13.7. The molecular weight excluding hydrogens is 514 g/mol. The molecule has 1 fully saturated rings. The van der Waals surface area contributed by atoms with Crippen molar-refractivity contribution in [2.75, 3.05) is 53.1 Å². The Hall–Kier alpha value is -3.51. The summed E-state index contributed by atoms with van der Waals surface area (Å²) in [7, 11) is 2.16. The average molecular weight is 548 g/mol. The molecule has 40 heavy (non-hydrogen) atoms. The van der Waals surface area contributed by atoms with Crippen LogP contribution in [0.3, 0.4) is 0 Å². The fourth-order valence-electron chi connectivity index (χ4n) is 6.28. The maximum Gasteiger partial charge on any atom is 0.343 e. The van der Waals surface area contributed by atoms with Gasteiger partial charge in [0.15, 0.2) is 17.1 Å². The Morgan fingerprint density at radius 1 is 1.05 bits per heavy atom. The Kier molecular flexibility index (Phi) is 6.08. The number of likely N-dealkylation sites (N-methyl/N-ethyl adjacent to an activating group) is 1. The van der Waals surface area contributed by atoms with Crippen LogP contribution in [-0.2, 0) is 34.8 Å². The fourth-order valence-corrected chi connectivity index (χ4v) is 6.28. The van der Waals surface area contributed by atoms with E-state index < -0.39 is 11.6 Å². The Morgan fingerprint density at radius 3 is 2.60 bits per heavy atom. The Balaban J connectivity index is 1.29. The molecule has 0 amide bonds. The molecule has 2 aromatic heterocycles. The normalized spacial score (nSPS) is 21.8. The van der Waals surface area contributed by atoms with Gasteiger partial charge in [-0.15, -0.1) is 0 Å². The van der Waals surface area contributed by atoms with Gasteiger partial charge in [0.2, 0.25) is 6.79 Å². The second-order valence-electron chi connectivity index (χ2n) is 11.1. The summed E-state index contributed by atoms with van der Waals surface area (Å²) >= 11 is 0. The highest BCUT2D eigenvalue weighted by Crippen LogP contribution is 2.43. The number of nitrogens with one attached hydrogen (secondary N) is 1. The van der Waals surface area contributed by atoms with Gasteiger partial charge in [0.25, 0.3) is 5.56 Å². The van der Waals surface area contributed by atoms with Crippen molar-refractivity contribution in [1.82, 2.24) is 24.7 Å². The molecule has 3 aromatic rings. The summed E-state index contributed by atoms with van der Waals surface area (Å²) in [5.41, 5.74) is 2.52. The smallest absolute Gasteiger partial charge is 0.343 e. The van der Waals surface area contributed by atoms with E-state index in [0.717, 1.165) is 61.3 Å². The molecule has 4 aliphatic rings. The quantitative estimate of drug-likeness (QED) is 0.269. The third kappa shape index (κ3) is 3.91. The highest BCUT2D eigenvalue weighted by Gasteiger charge is 2.45. The first-order valence-corrected chi connectivity index (χ1v) is 13.9. The van der Waals surface area contributed by atoms with Crippen molar-refractivity contribution in [1.29, 1.82) is 0 Å². The zero-order valence-corrected chi connectivity index (χ0v) is 22.8. The van der Waals surface area contributed by atoms with Gasteiger partial charge in [0.1, 0.15) is 6.61 Å². The number of carbonyl (C=O) groups excluding carboxylic acids is 1. The number of piperazine rings is 1. The van der Waals surface area contributed by atoms with Crippen molar-refractivity contribution in [3.05, 3.63) is 50.8 Å². The lowest BCUT2D eigenvalue weighted by Gasteiger charge is -2.32. The van der Waals surface area contributed by atoms with Crippen molar-refractivity contribution in [3.8, 4) is 22.9 Å². The first-order chi connectivity index (χ1) is 19.4. The van der Waals surface area contributed by atoms with Crippen LogP contribution in [0.5, 0.6) is 11.5 Å². The van der Waals surface area contributed by atoms with Crippen LogP contribution in [0.2, 0.25) is 0 Å². The molecule has 1 saturated heterocycles. The summed E-state index contributed by atoms with van der Waals surface area (Å²) in [4.78, 5) is 36.0. The number of hydrogen-bond acceptors (Lipinski definition) is 10. The van der Waals surface area contributed by atoms with E-state index in [9.17, 15) is 14.7 Å². The first-order valence-electron chi connectivity index (χ1n) is 13.9. The molecular formula is C29H33N5O6. The highest BCUT2D eigenvalue weighted by atomic mass is 16.7. The Bertz CT molecular complexity index is 1590. The van der Waals surface area contributed by atoms with E-state index in [4.69, 9.17) is 19.2 Å². The van der Waals surface area contributed by atoms with E-state index in [1.54, 1.807) is 17.6 Å². The number of esters is 1. The van der Waals surface area contributed by atoms with Crippen molar-refractivity contribution in [2.45, 2.75) is 38.6 Å². The minimum Gasteiger partial charge on any atom is -0.458 e. The Morgan fingerprint density at radius 2 is 1.82 bits per heavy atom. The number of fused-ring (bicyclic) bond motifs is 6. The summed E-state index contributed by atoms with van der Waals surface area (Å²) < 4.78 is 18.2. The minimum absolute atomic E-state index is 0.103. The van der Waals surface area contributed by atoms with Crippen LogP contribution in [0.15, 0.2) is 23.0 Å². The number of nitrogens with zero attached hydrogens (tertiary/aromatic N) is 4. The zero-order valence-electron chi connectivity index (χ0n) is 22.8. The number of carbonyl (C=O) groups is 1. The molecule has 0 radical (unpaired) electrons. The molecule has 1 aromatic carbocycles. The molecule has 0 spiro atoms. The van der Waals surface area contributed by atoms with Crippen molar-refractivity contribution in [2.24, 2.45) is 0 Å². The van der Waals surface area contributed by atoms with Gasteiger partial charge < -0.3 is 34.1 Å². The molecule has 0 saturated carbocycles. The summed E-state index contributed by atoms with van der Waals surface area (Å²) in [5.74, 6) is 0.590. The van der Waals surface area contributed by atoms with E-state index in [1.165, 1.54) is 0 Å². The second kappa shape index (κ2) is 9.55. The lowest BCUT2D eigenvalue weighted by Crippen LogP contribution is -2.46. The van der Waals surface area contributed by atoms with Gasteiger partial charge in [-0.25, -0.2) is 9.78 Å². The predicted octanol–water partition coefficient (Wildman–Crippen LogP) is 1.15. The number of benzene rings is 1. The van der Waals surface area contributed by atoms with E-state index in [-0.39, 0.29) is 25.4 Å². The molecule has 7 rings (SSSR count). The van der Waals surface area contributed by atoms with Crippen LogP contribution in [0.25, 0.3) is 22.3 Å². The van der Waals surface area contributed by atoms with E-state index >= 15 is 0 Å². The standard InChI is InChI=1S/C29H33N5O6/c1-3-29(37)21-11-23-26-19(14-34(23)27(35)20(21)15-38-28(29)36)18(13-30-4-5-33-8-6-32(2)7-9-33)17-10-24-25(40-16-39-24)12-22(17)31-26/h10-12,30,37H,3-9,13-16H2,1-2H3/t29-/m0/s1. The van der Waals surface area contributed by atoms with Gasteiger partial charge in [-0.05, 0) is 31.2 Å². The van der Waals surface area contributed by atoms with Gasteiger partial charge >= 0.3 is 5.97 Å². The molecule has 6 heterocycles. The number of ether oxygens (including phenoxy) is 3. The molecule has 2 N–H and O–H groups in total. The molecule has 4 aliphatic heterocycles. The van der Waals surface area contributed by atoms with Crippen LogP contribution >= 0.6 is 0 Å². The van der Waals surface area contributed by atoms with Crippen molar-refractivity contribution in [3.63, 3.8) is 0 Å². The number of aromatic nitrogens is 2. The summed E-state index contributed by atoms with van der Waals surface area (Å²) in [6.45, 7) is 8.74. The van der Waals surface area contributed by atoms with Gasteiger partial charge in [-0.1, -0.05) is 6.92 Å². The van der Waals surface area contributed by atoms with Crippen LogP contribution in [0, 0.1) is 0 Å². The minimum atomic E-state index is -1.86. The predicted molar refractivity (Wildman–Crippen MR) is 146 cm³/mol. The van der Waals surface area contributed by atoms with Gasteiger partial charge in [0, 0.05) is 68.4 Å². The largest absolute Gasteiger partial charge is 0.458 e. The monoisotopic (exact) mass is 547 g/mol. The Labute approximate surface area is 231 Å². The van der Waals surface area contributed by atoms with Crippen molar-refractivity contribution >= 4 is 16.9 Å². The average Bonchev–Trinajstić information content (AvgIpc) is 3.57. The topological polar surface area (TPSA) is 118 Å². The number of pyridine rings is 2.